The lowest BCUT2D eigenvalue weighted by molar-refractivity contribution is 0.209. The van der Waals surface area contributed by atoms with Crippen molar-refractivity contribution in [1.29, 1.82) is 0 Å². The first-order chi connectivity index (χ1) is 7.30. The molecular formula is C7H10N4O4S. The molecular weight excluding hydrogens is 236 g/mol. The molecule has 16 heavy (non-hydrogen) atoms. The summed E-state index contributed by atoms with van der Waals surface area (Å²) in [6.07, 6.45) is 2.13. The Bertz CT molecular complexity index is 484. The van der Waals surface area contributed by atoms with Gasteiger partial charge in [0.05, 0.1) is 24.3 Å². The normalized spacial score (nSPS) is 10.9. The molecule has 0 saturated carbocycles. The van der Waals surface area contributed by atoms with Crippen LogP contribution in [0.15, 0.2) is 12.4 Å². The third-order valence-corrected chi connectivity index (χ3v) is 2.83. The predicted molar refractivity (Wildman–Crippen MR) is 56.9 cm³/mol. The van der Waals surface area contributed by atoms with Gasteiger partial charge in [-0.15, -0.1) is 0 Å². The van der Waals surface area contributed by atoms with Gasteiger partial charge >= 0.3 is 6.09 Å². The van der Waals surface area contributed by atoms with Crippen LogP contribution in [0.2, 0.25) is 0 Å². The Balaban J connectivity index is 2.91. The number of carboxylic acid groups (broad SMARTS) is 1. The molecule has 0 aliphatic rings. The van der Waals surface area contributed by atoms with Crippen LogP contribution in [0.5, 0.6) is 0 Å². The first-order valence-electron chi connectivity index (χ1n) is 4.06. The summed E-state index contributed by atoms with van der Waals surface area (Å²) < 4.78 is 23.1. The van der Waals surface area contributed by atoms with Gasteiger partial charge in [0.2, 0.25) is 16.0 Å². The molecule has 0 unspecified atom stereocenters. The second-order valence-electron chi connectivity index (χ2n) is 2.93. The first kappa shape index (κ1) is 12.2. The highest BCUT2D eigenvalue weighted by Crippen LogP contribution is 2.10. The Morgan fingerprint density at radius 1 is 1.44 bits per heavy atom. The fourth-order valence-electron chi connectivity index (χ4n) is 0.820. The number of hydrogen-bond acceptors (Lipinski definition) is 5. The number of hydrogen-bond donors (Lipinski definition) is 2. The van der Waals surface area contributed by atoms with Gasteiger partial charge in [-0.3, -0.25) is 5.32 Å². The molecule has 1 aromatic rings. The lowest BCUT2D eigenvalue weighted by atomic mass is 10.5. The summed E-state index contributed by atoms with van der Waals surface area (Å²) in [5.74, 6) is -0.0292. The molecule has 0 aliphatic heterocycles. The van der Waals surface area contributed by atoms with Gasteiger partial charge in [0.1, 0.15) is 0 Å². The summed E-state index contributed by atoms with van der Waals surface area (Å²) in [6.45, 7) is 0. The molecule has 88 valence electrons. The monoisotopic (exact) mass is 246 g/mol. The molecule has 0 atom stereocenters. The number of amides is 1. The number of sulfonamides is 1. The zero-order chi connectivity index (χ0) is 12.3. The van der Waals surface area contributed by atoms with Crippen LogP contribution in [0, 0.1) is 0 Å². The molecule has 0 radical (unpaired) electrons. The van der Waals surface area contributed by atoms with Crippen molar-refractivity contribution in [3.8, 4) is 0 Å². The van der Waals surface area contributed by atoms with Crippen molar-refractivity contribution in [3.63, 3.8) is 0 Å². The fourth-order valence-corrected chi connectivity index (χ4v) is 1.21. The van der Waals surface area contributed by atoms with Crippen LogP contribution in [0.4, 0.5) is 16.4 Å². The van der Waals surface area contributed by atoms with Crippen LogP contribution < -0.4 is 9.62 Å². The van der Waals surface area contributed by atoms with Crippen molar-refractivity contribution in [2.75, 3.05) is 22.9 Å². The molecule has 1 aromatic heterocycles. The summed E-state index contributed by atoms with van der Waals surface area (Å²) >= 11 is 0. The summed E-state index contributed by atoms with van der Waals surface area (Å²) in [4.78, 5) is 17.7. The zero-order valence-corrected chi connectivity index (χ0v) is 9.39. The van der Waals surface area contributed by atoms with E-state index < -0.39 is 16.1 Å². The van der Waals surface area contributed by atoms with E-state index in [-0.39, 0.29) is 11.6 Å². The topological polar surface area (TPSA) is 112 Å². The molecule has 0 spiro atoms. The molecule has 8 nitrogen and oxygen atoms in total. The average molecular weight is 246 g/mol. The van der Waals surface area contributed by atoms with E-state index >= 15 is 0 Å². The minimum Gasteiger partial charge on any atom is -0.465 e. The number of aromatic nitrogens is 2. The highest BCUT2D eigenvalue weighted by molar-refractivity contribution is 7.92. The zero-order valence-electron chi connectivity index (χ0n) is 8.58. The molecule has 1 heterocycles. The molecule has 0 saturated heterocycles. The summed E-state index contributed by atoms with van der Waals surface area (Å²) in [5, 5.41) is 10.4. The molecule has 0 aliphatic carbocycles. The fraction of sp³-hybridized carbons (Fsp3) is 0.286. The van der Waals surface area contributed by atoms with Gasteiger partial charge in [0, 0.05) is 7.05 Å². The van der Waals surface area contributed by atoms with Crippen LogP contribution in [0.3, 0.4) is 0 Å². The van der Waals surface area contributed by atoms with E-state index in [2.05, 4.69) is 9.97 Å². The van der Waals surface area contributed by atoms with Crippen LogP contribution in [0.25, 0.3) is 0 Å². The molecule has 0 aromatic carbocycles. The molecule has 2 N–H and O–H groups in total. The van der Waals surface area contributed by atoms with E-state index in [1.165, 1.54) is 19.4 Å². The van der Waals surface area contributed by atoms with Crippen LogP contribution in [0.1, 0.15) is 0 Å². The Morgan fingerprint density at radius 2 is 1.94 bits per heavy atom. The standard InChI is InChI=1S/C7H10N4O4S/c1-11(16(2,14)15)6-8-3-5(4-9-6)10-7(12)13/h3-4,10H,1-2H3,(H,12,13). The Hall–Kier alpha value is -1.90. The third-order valence-electron chi connectivity index (χ3n) is 1.67. The highest BCUT2D eigenvalue weighted by Gasteiger charge is 2.14. The van der Waals surface area contributed by atoms with Crippen molar-refractivity contribution in [3.05, 3.63) is 12.4 Å². The van der Waals surface area contributed by atoms with E-state index in [1.54, 1.807) is 0 Å². The van der Waals surface area contributed by atoms with E-state index in [0.717, 1.165) is 10.6 Å². The van der Waals surface area contributed by atoms with Gasteiger partial charge in [-0.1, -0.05) is 0 Å². The second kappa shape index (κ2) is 4.31. The van der Waals surface area contributed by atoms with Crippen LogP contribution in [-0.4, -0.2) is 42.9 Å². The minimum atomic E-state index is -3.42. The van der Waals surface area contributed by atoms with E-state index in [0.29, 0.717) is 0 Å². The maximum Gasteiger partial charge on any atom is 0.409 e. The van der Waals surface area contributed by atoms with Crippen LogP contribution >= 0.6 is 0 Å². The van der Waals surface area contributed by atoms with Gasteiger partial charge in [0.25, 0.3) is 0 Å². The average Bonchev–Trinajstić information content (AvgIpc) is 2.15. The van der Waals surface area contributed by atoms with Crippen molar-refractivity contribution >= 4 is 27.8 Å². The van der Waals surface area contributed by atoms with Gasteiger partial charge in [-0.25, -0.2) is 27.5 Å². The number of rotatable bonds is 3. The third kappa shape index (κ3) is 3.05. The van der Waals surface area contributed by atoms with Crippen molar-refractivity contribution in [1.82, 2.24) is 9.97 Å². The number of carbonyl (C=O) groups is 1. The van der Waals surface area contributed by atoms with Gasteiger partial charge in [-0.2, -0.15) is 0 Å². The van der Waals surface area contributed by atoms with Crippen molar-refractivity contribution in [2.24, 2.45) is 0 Å². The molecule has 9 heteroatoms. The lowest BCUT2D eigenvalue weighted by Gasteiger charge is -2.13. The SMILES string of the molecule is CN(c1ncc(NC(=O)O)cn1)S(C)(=O)=O. The van der Waals surface area contributed by atoms with E-state index in [9.17, 15) is 13.2 Å². The van der Waals surface area contributed by atoms with E-state index in [1.807, 2.05) is 5.32 Å². The smallest absolute Gasteiger partial charge is 0.409 e. The number of nitrogens with zero attached hydrogens (tertiary/aromatic N) is 3. The van der Waals surface area contributed by atoms with Crippen molar-refractivity contribution < 1.29 is 18.3 Å². The Labute approximate surface area is 92.0 Å². The minimum absolute atomic E-state index is 0.0292. The number of nitrogens with one attached hydrogen (secondary N) is 1. The summed E-state index contributed by atoms with van der Waals surface area (Å²) in [7, 11) is -2.12. The molecule has 1 amide bonds. The first-order valence-corrected chi connectivity index (χ1v) is 5.91. The Morgan fingerprint density at radius 3 is 2.31 bits per heavy atom. The molecule has 0 bridgehead atoms. The van der Waals surface area contributed by atoms with Crippen molar-refractivity contribution in [2.45, 2.75) is 0 Å². The van der Waals surface area contributed by atoms with Gasteiger partial charge in [-0.05, 0) is 0 Å². The maximum absolute atomic E-state index is 11.1. The largest absolute Gasteiger partial charge is 0.465 e. The quantitative estimate of drug-likeness (QED) is 0.773. The summed E-state index contributed by atoms with van der Waals surface area (Å²) in [5.41, 5.74) is 0.165. The lowest BCUT2D eigenvalue weighted by Crippen LogP contribution is -2.26. The predicted octanol–water partition coefficient (Wildman–Crippen LogP) is -0.0377. The van der Waals surface area contributed by atoms with Gasteiger partial charge in [0.15, 0.2) is 0 Å². The maximum atomic E-state index is 11.1. The van der Waals surface area contributed by atoms with E-state index in [4.69, 9.17) is 5.11 Å². The molecule has 1 rings (SSSR count). The highest BCUT2D eigenvalue weighted by atomic mass is 32.2. The molecule has 0 fully saturated rings. The Kier molecular flexibility index (Phi) is 3.28. The second-order valence-corrected chi connectivity index (χ2v) is 4.95. The van der Waals surface area contributed by atoms with Crippen LogP contribution in [-0.2, 0) is 10.0 Å². The van der Waals surface area contributed by atoms with Gasteiger partial charge < -0.3 is 5.11 Å². The summed E-state index contributed by atoms with van der Waals surface area (Å²) in [6, 6.07) is 0. The number of anilines is 2.